The Bertz CT molecular complexity index is 564. The van der Waals surface area contributed by atoms with Crippen LogP contribution in [0.2, 0.25) is 0 Å². The van der Waals surface area contributed by atoms with Gasteiger partial charge in [-0.05, 0) is 26.0 Å². The largest absolute Gasteiger partial charge is 0.323 e. The third-order valence-corrected chi connectivity index (χ3v) is 2.51. The fourth-order valence-electron chi connectivity index (χ4n) is 1.57. The molecule has 0 aliphatic rings. The Morgan fingerprint density at radius 3 is 2.56 bits per heavy atom. The van der Waals surface area contributed by atoms with E-state index in [1.807, 2.05) is 13.8 Å². The van der Waals surface area contributed by atoms with Gasteiger partial charge in [-0.1, -0.05) is 0 Å². The van der Waals surface area contributed by atoms with Crippen LogP contribution in [0.25, 0.3) is 0 Å². The highest BCUT2D eigenvalue weighted by Crippen LogP contribution is 2.24. The molecule has 1 N–H and O–H groups in total. The summed E-state index contributed by atoms with van der Waals surface area (Å²) in [6.07, 6.45) is 3.25. The Morgan fingerprint density at radius 2 is 1.89 bits per heavy atom. The minimum atomic E-state index is -1.50. The van der Waals surface area contributed by atoms with Crippen LogP contribution in [0.5, 0.6) is 0 Å². The standard InChI is InChI=1S/C12H12F3N3/c1-7(2)18-6-5-16-12(18)17-9-4-3-8(13)10(14)11(9)15/h3-7H,1-2H3,(H,16,17). The van der Waals surface area contributed by atoms with Crippen molar-refractivity contribution in [1.29, 1.82) is 0 Å². The van der Waals surface area contributed by atoms with Crippen molar-refractivity contribution in [3.05, 3.63) is 42.0 Å². The van der Waals surface area contributed by atoms with E-state index in [2.05, 4.69) is 10.3 Å². The quantitative estimate of drug-likeness (QED) is 0.849. The van der Waals surface area contributed by atoms with Crippen LogP contribution in [0.15, 0.2) is 24.5 Å². The van der Waals surface area contributed by atoms with Crippen LogP contribution in [-0.4, -0.2) is 9.55 Å². The predicted molar refractivity (Wildman–Crippen MR) is 62.2 cm³/mol. The fourth-order valence-corrected chi connectivity index (χ4v) is 1.57. The number of nitrogens with zero attached hydrogens (tertiary/aromatic N) is 2. The van der Waals surface area contributed by atoms with Gasteiger partial charge in [0, 0.05) is 18.4 Å². The van der Waals surface area contributed by atoms with Crippen LogP contribution in [0.1, 0.15) is 19.9 Å². The van der Waals surface area contributed by atoms with Gasteiger partial charge in [-0.2, -0.15) is 0 Å². The zero-order chi connectivity index (χ0) is 13.3. The average molecular weight is 255 g/mol. The van der Waals surface area contributed by atoms with Gasteiger partial charge >= 0.3 is 0 Å². The number of aromatic nitrogens is 2. The van der Waals surface area contributed by atoms with Crippen molar-refractivity contribution in [3.63, 3.8) is 0 Å². The minimum absolute atomic E-state index is 0.114. The summed E-state index contributed by atoms with van der Waals surface area (Å²) in [5.41, 5.74) is -0.151. The molecule has 6 heteroatoms. The van der Waals surface area contributed by atoms with E-state index in [0.717, 1.165) is 12.1 Å². The number of hydrogen-bond acceptors (Lipinski definition) is 2. The number of hydrogen-bond donors (Lipinski definition) is 1. The Morgan fingerprint density at radius 1 is 1.17 bits per heavy atom. The molecule has 0 aliphatic carbocycles. The van der Waals surface area contributed by atoms with Crippen LogP contribution in [0.3, 0.4) is 0 Å². The highest BCUT2D eigenvalue weighted by molar-refractivity contribution is 5.54. The maximum absolute atomic E-state index is 13.5. The molecule has 0 saturated carbocycles. The van der Waals surface area contributed by atoms with Crippen LogP contribution in [0.4, 0.5) is 24.8 Å². The highest BCUT2D eigenvalue weighted by atomic mass is 19.2. The van der Waals surface area contributed by atoms with E-state index in [-0.39, 0.29) is 11.7 Å². The maximum Gasteiger partial charge on any atom is 0.207 e. The van der Waals surface area contributed by atoms with Gasteiger partial charge in [0.05, 0.1) is 5.69 Å². The van der Waals surface area contributed by atoms with Crippen LogP contribution in [0, 0.1) is 17.5 Å². The molecule has 0 bridgehead atoms. The van der Waals surface area contributed by atoms with E-state index >= 15 is 0 Å². The molecule has 2 aromatic rings. The Kier molecular flexibility index (Phi) is 3.27. The summed E-state index contributed by atoms with van der Waals surface area (Å²) < 4.78 is 41.1. The molecule has 96 valence electrons. The summed E-state index contributed by atoms with van der Waals surface area (Å²) in [6.45, 7) is 3.85. The van der Waals surface area contributed by atoms with Gasteiger partial charge in [0.15, 0.2) is 17.5 Å². The monoisotopic (exact) mass is 255 g/mol. The number of rotatable bonds is 3. The molecule has 18 heavy (non-hydrogen) atoms. The second-order valence-corrected chi connectivity index (χ2v) is 4.10. The third kappa shape index (κ3) is 2.18. The van der Waals surface area contributed by atoms with E-state index in [9.17, 15) is 13.2 Å². The van der Waals surface area contributed by atoms with E-state index in [4.69, 9.17) is 0 Å². The molecule has 1 aromatic heterocycles. The second kappa shape index (κ2) is 4.72. The molecular weight excluding hydrogens is 243 g/mol. The lowest BCUT2D eigenvalue weighted by Crippen LogP contribution is -2.07. The molecule has 0 atom stereocenters. The van der Waals surface area contributed by atoms with Crippen molar-refractivity contribution in [3.8, 4) is 0 Å². The molecule has 1 heterocycles. The normalized spacial score (nSPS) is 11.0. The number of anilines is 2. The van der Waals surface area contributed by atoms with Gasteiger partial charge in [0.1, 0.15) is 0 Å². The predicted octanol–water partition coefficient (Wildman–Crippen LogP) is 3.62. The van der Waals surface area contributed by atoms with Gasteiger partial charge < -0.3 is 9.88 Å². The zero-order valence-electron chi connectivity index (χ0n) is 9.92. The second-order valence-electron chi connectivity index (χ2n) is 4.10. The molecule has 0 saturated heterocycles. The summed E-state index contributed by atoms with van der Waals surface area (Å²) in [4.78, 5) is 3.99. The Balaban J connectivity index is 2.35. The Labute approximate surface area is 102 Å². The maximum atomic E-state index is 13.5. The first kappa shape index (κ1) is 12.5. The van der Waals surface area contributed by atoms with Crippen molar-refractivity contribution < 1.29 is 13.2 Å². The van der Waals surface area contributed by atoms with Crippen LogP contribution < -0.4 is 5.32 Å². The van der Waals surface area contributed by atoms with Crippen molar-refractivity contribution in [2.45, 2.75) is 19.9 Å². The van der Waals surface area contributed by atoms with Crippen molar-refractivity contribution in [1.82, 2.24) is 9.55 Å². The van der Waals surface area contributed by atoms with Crippen molar-refractivity contribution in [2.75, 3.05) is 5.32 Å². The Hall–Kier alpha value is -1.98. The number of nitrogens with one attached hydrogen (secondary N) is 1. The minimum Gasteiger partial charge on any atom is -0.323 e. The van der Waals surface area contributed by atoms with Gasteiger partial charge in [0.25, 0.3) is 0 Å². The topological polar surface area (TPSA) is 29.9 Å². The molecule has 0 aliphatic heterocycles. The molecule has 2 rings (SSSR count). The molecule has 0 spiro atoms. The number of halogens is 3. The molecular formula is C12H12F3N3. The van der Waals surface area contributed by atoms with Crippen molar-refractivity contribution >= 4 is 11.6 Å². The van der Waals surface area contributed by atoms with Crippen molar-refractivity contribution in [2.24, 2.45) is 0 Å². The first-order valence-electron chi connectivity index (χ1n) is 5.44. The molecule has 1 aromatic carbocycles. The molecule has 0 amide bonds. The molecule has 0 unspecified atom stereocenters. The van der Waals surface area contributed by atoms with Gasteiger partial charge in [0.2, 0.25) is 5.95 Å². The summed E-state index contributed by atoms with van der Waals surface area (Å²) >= 11 is 0. The van der Waals surface area contributed by atoms with E-state index in [1.165, 1.54) is 0 Å². The SMILES string of the molecule is CC(C)n1ccnc1Nc1ccc(F)c(F)c1F. The number of benzene rings is 1. The van der Waals surface area contributed by atoms with Gasteiger partial charge in [-0.15, -0.1) is 0 Å². The molecule has 0 radical (unpaired) electrons. The fraction of sp³-hybridized carbons (Fsp3) is 0.250. The van der Waals surface area contributed by atoms with Crippen LogP contribution >= 0.6 is 0 Å². The third-order valence-electron chi connectivity index (χ3n) is 2.51. The van der Waals surface area contributed by atoms with Crippen LogP contribution in [-0.2, 0) is 0 Å². The summed E-state index contributed by atoms with van der Waals surface area (Å²) in [7, 11) is 0. The van der Waals surface area contributed by atoms with Gasteiger partial charge in [-0.25, -0.2) is 18.2 Å². The highest BCUT2D eigenvalue weighted by Gasteiger charge is 2.15. The lowest BCUT2D eigenvalue weighted by Gasteiger charge is -2.13. The average Bonchev–Trinajstić information content (AvgIpc) is 2.78. The van der Waals surface area contributed by atoms with E-state index in [1.54, 1.807) is 17.0 Å². The smallest absolute Gasteiger partial charge is 0.207 e. The summed E-state index contributed by atoms with van der Waals surface area (Å²) in [6, 6.07) is 2.11. The molecule has 3 nitrogen and oxygen atoms in total. The first-order valence-corrected chi connectivity index (χ1v) is 5.44. The molecule has 0 fully saturated rings. The number of imidazole rings is 1. The summed E-state index contributed by atoms with van der Waals surface area (Å²) in [5, 5.41) is 2.64. The lowest BCUT2D eigenvalue weighted by atomic mass is 10.3. The first-order chi connectivity index (χ1) is 8.50. The van der Waals surface area contributed by atoms with E-state index < -0.39 is 17.5 Å². The van der Waals surface area contributed by atoms with E-state index in [0.29, 0.717) is 5.95 Å². The lowest BCUT2D eigenvalue weighted by molar-refractivity contribution is 0.449. The zero-order valence-corrected chi connectivity index (χ0v) is 9.92. The van der Waals surface area contributed by atoms with Gasteiger partial charge in [-0.3, -0.25) is 0 Å². The summed E-state index contributed by atoms with van der Waals surface area (Å²) in [5.74, 6) is -3.60.